The molecule has 8 atom stereocenters. The maximum atomic E-state index is 12.9. The number of benzene rings is 1. The van der Waals surface area contributed by atoms with Crippen molar-refractivity contribution in [2.24, 2.45) is 33.7 Å². The number of anilines is 1. The summed E-state index contributed by atoms with van der Waals surface area (Å²) < 4.78 is 5.24. The molecule has 0 radical (unpaired) electrons. The van der Waals surface area contributed by atoms with Gasteiger partial charge in [0.05, 0.1) is 17.3 Å². The third kappa shape index (κ3) is 4.26. The second-order valence-corrected chi connectivity index (χ2v) is 13.7. The molecule has 0 aromatic heterocycles. The van der Waals surface area contributed by atoms with E-state index in [4.69, 9.17) is 4.74 Å². The van der Waals surface area contributed by atoms with Gasteiger partial charge in [-0.3, -0.25) is 4.79 Å². The summed E-state index contributed by atoms with van der Waals surface area (Å²) in [6, 6.07) is 7.27. The summed E-state index contributed by atoms with van der Waals surface area (Å²) in [5.41, 5.74) is 1.84. The average Bonchev–Trinajstić information content (AvgIpc) is 3.48. The molecule has 4 aliphatic carbocycles. The van der Waals surface area contributed by atoms with E-state index in [-0.39, 0.29) is 36.1 Å². The van der Waals surface area contributed by atoms with Gasteiger partial charge in [-0.05, 0) is 99.0 Å². The van der Waals surface area contributed by atoms with E-state index in [1.807, 2.05) is 31.1 Å². The molecular weight excluding hydrogens is 522 g/mol. The highest BCUT2D eigenvalue weighted by Gasteiger charge is 2.71. The number of carbonyl (C=O) groups is 2. The van der Waals surface area contributed by atoms with Gasteiger partial charge in [0.2, 0.25) is 0 Å². The number of ether oxygens (including phenoxy) is 1. The monoisotopic (exact) mass is 565 g/mol. The number of aliphatic hydroxyl groups excluding tert-OH is 1. The first-order valence-corrected chi connectivity index (χ1v) is 15.0. The number of hydrogen-bond donors (Lipinski definition) is 4. The van der Waals surface area contributed by atoms with Crippen LogP contribution in [-0.4, -0.2) is 71.4 Å². The van der Waals surface area contributed by atoms with Gasteiger partial charge >= 0.3 is 5.97 Å². The van der Waals surface area contributed by atoms with Crippen LogP contribution in [0.3, 0.4) is 0 Å². The van der Waals surface area contributed by atoms with E-state index in [1.54, 1.807) is 24.4 Å². The predicted octanol–water partition coefficient (Wildman–Crippen LogP) is 3.18. The molecule has 1 aromatic carbocycles. The van der Waals surface area contributed by atoms with Crippen molar-refractivity contribution in [2.45, 2.75) is 82.0 Å². The van der Waals surface area contributed by atoms with Crippen molar-refractivity contribution in [3.63, 3.8) is 0 Å². The van der Waals surface area contributed by atoms with E-state index >= 15 is 0 Å². The molecule has 41 heavy (non-hydrogen) atoms. The Morgan fingerprint density at radius 2 is 1.78 bits per heavy atom. The van der Waals surface area contributed by atoms with E-state index in [9.17, 15) is 24.9 Å². The van der Waals surface area contributed by atoms with Crippen molar-refractivity contribution in [1.29, 1.82) is 0 Å². The summed E-state index contributed by atoms with van der Waals surface area (Å²) in [6.45, 7) is 2.47. The average molecular weight is 566 g/mol. The topological polar surface area (TPSA) is 132 Å². The number of rotatable bonds is 5. The van der Waals surface area contributed by atoms with Crippen LogP contribution in [0.25, 0.3) is 0 Å². The molecule has 1 aliphatic heterocycles. The van der Waals surface area contributed by atoms with Crippen LogP contribution >= 0.6 is 0 Å². The van der Waals surface area contributed by atoms with Crippen molar-refractivity contribution in [3.05, 3.63) is 41.5 Å². The number of esters is 1. The number of cyclic esters (lactones) is 1. The van der Waals surface area contributed by atoms with Crippen LogP contribution in [0.15, 0.2) is 41.0 Å². The molecule has 6 rings (SSSR count). The van der Waals surface area contributed by atoms with Gasteiger partial charge in [-0.25, -0.2) is 10.2 Å². The lowest BCUT2D eigenvalue weighted by Crippen LogP contribution is -2.68. The van der Waals surface area contributed by atoms with E-state index in [1.165, 1.54) is 0 Å². The second kappa shape index (κ2) is 9.92. The molecule has 5 aliphatic rings. The number of hydrazone groups is 1. The Bertz CT molecular complexity index is 1280. The molecule has 0 bridgehead atoms. The maximum Gasteiger partial charge on any atom is 0.331 e. The molecule has 4 fully saturated rings. The van der Waals surface area contributed by atoms with Crippen LogP contribution in [0.4, 0.5) is 5.69 Å². The number of amides is 1. The van der Waals surface area contributed by atoms with Gasteiger partial charge < -0.3 is 25.0 Å². The van der Waals surface area contributed by atoms with E-state index in [0.717, 1.165) is 30.5 Å². The SMILES string of the molecule is CN(C)c1ccc(C(=O)N/N=C/C23CC[C@@H](O)CC2(O)CC[C@@H]2[C@@H]3CCC3(C)C(C4=CC(=O)OC4)CCC23O)cc1. The molecule has 0 saturated heterocycles. The second-order valence-electron chi connectivity index (χ2n) is 13.7. The van der Waals surface area contributed by atoms with Crippen molar-refractivity contribution in [3.8, 4) is 0 Å². The fraction of sp³-hybridized carbons (Fsp3) is 0.656. The van der Waals surface area contributed by atoms with Crippen LogP contribution in [0.2, 0.25) is 0 Å². The number of aliphatic hydroxyl groups is 3. The lowest BCUT2D eigenvalue weighted by Gasteiger charge is -2.65. The third-order valence-corrected chi connectivity index (χ3v) is 11.7. The first-order chi connectivity index (χ1) is 19.4. The van der Waals surface area contributed by atoms with Crippen LogP contribution < -0.4 is 10.3 Å². The zero-order valence-electron chi connectivity index (χ0n) is 24.3. The predicted molar refractivity (Wildman–Crippen MR) is 154 cm³/mol. The van der Waals surface area contributed by atoms with Crippen molar-refractivity contribution in [1.82, 2.24) is 5.43 Å². The smallest absolute Gasteiger partial charge is 0.331 e. The molecule has 1 heterocycles. The van der Waals surface area contributed by atoms with E-state index in [0.29, 0.717) is 44.3 Å². The standard InChI is InChI=1S/C32H43N3O6/c1-29-12-9-25-26(32(29,40)15-11-24(29)21-16-27(37)41-18-21)10-14-31(39)17-23(36)8-13-30(25,31)19-33-34-28(38)20-4-6-22(7-5-20)35(2)3/h4-7,16,19,23-26,36,39-40H,8-15,17-18H2,1-3H3,(H,34,38)/b33-19+/t23-,24?,25+,26-,29?,30?,31?,32?/m1/s1. The highest BCUT2D eigenvalue weighted by molar-refractivity contribution is 5.94. The molecule has 9 nitrogen and oxygen atoms in total. The molecule has 1 amide bonds. The maximum absolute atomic E-state index is 12.9. The van der Waals surface area contributed by atoms with Gasteiger partial charge in [0.15, 0.2) is 0 Å². The lowest BCUT2D eigenvalue weighted by molar-refractivity contribution is -0.237. The molecule has 9 heteroatoms. The lowest BCUT2D eigenvalue weighted by atomic mass is 9.41. The summed E-state index contributed by atoms with van der Waals surface area (Å²) in [6.07, 6.45) is 8.15. The Labute approximate surface area is 241 Å². The zero-order valence-corrected chi connectivity index (χ0v) is 24.3. The molecule has 4 saturated carbocycles. The Hall–Kier alpha value is -2.75. The number of nitrogens with zero attached hydrogens (tertiary/aromatic N) is 2. The molecule has 0 spiro atoms. The van der Waals surface area contributed by atoms with Crippen LogP contribution in [0.1, 0.15) is 75.1 Å². The Morgan fingerprint density at radius 3 is 2.46 bits per heavy atom. The summed E-state index contributed by atoms with van der Waals surface area (Å²) >= 11 is 0. The quantitative estimate of drug-likeness (QED) is 0.245. The van der Waals surface area contributed by atoms with E-state index < -0.39 is 28.1 Å². The summed E-state index contributed by atoms with van der Waals surface area (Å²) in [4.78, 5) is 26.8. The van der Waals surface area contributed by atoms with Gasteiger partial charge in [-0.15, -0.1) is 0 Å². The first-order valence-electron chi connectivity index (χ1n) is 15.0. The minimum atomic E-state index is -1.18. The number of carbonyl (C=O) groups excluding carboxylic acids is 2. The normalized spacial score (nSPS) is 41.7. The summed E-state index contributed by atoms with van der Waals surface area (Å²) in [5.74, 6) is -0.675. The fourth-order valence-electron chi connectivity index (χ4n) is 9.54. The zero-order chi connectivity index (χ0) is 29.2. The molecule has 4 N–H and O–H groups in total. The number of fused-ring (bicyclic) bond motifs is 5. The Kier molecular flexibility index (Phi) is 6.86. The summed E-state index contributed by atoms with van der Waals surface area (Å²) in [7, 11) is 3.88. The minimum absolute atomic E-state index is 0.0546. The minimum Gasteiger partial charge on any atom is -0.458 e. The van der Waals surface area contributed by atoms with Crippen LogP contribution in [-0.2, 0) is 9.53 Å². The highest BCUT2D eigenvalue weighted by Crippen LogP contribution is 2.70. The Balaban J connectivity index is 1.29. The van der Waals surface area contributed by atoms with Crippen molar-refractivity contribution < 1.29 is 29.6 Å². The van der Waals surface area contributed by atoms with Gasteiger partial charge in [-0.1, -0.05) is 6.92 Å². The van der Waals surface area contributed by atoms with Gasteiger partial charge in [0.1, 0.15) is 6.61 Å². The van der Waals surface area contributed by atoms with Crippen LogP contribution in [0.5, 0.6) is 0 Å². The Morgan fingerprint density at radius 1 is 1.05 bits per heavy atom. The molecular formula is C32H43N3O6. The molecule has 5 unspecified atom stereocenters. The largest absolute Gasteiger partial charge is 0.458 e. The third-order valence-electron chi connectivity index (χ3n) is 11.7. The van der Waals surface area contributed by atoms with E-state index in [2.05, 4.69) is 17.5 Å². The fourth-order valence-corrected chi connectivity index (χ4v) is 9.54. The van der Waals surface area contributed by atoms with Crippen LogP contribution in [0, 0.1) is 28.6 Å². The van der Waals surface area contributed by atoms with Crippen molar-refractivity contribution >= 4 is 23.8 Å². The van der Waals surface area contributed by atoms with Gasteiger partial charge in [0, 0.05) is 54.9 Å². The highest BCUT2D eigenvalue weighted by atomic mass is 16.5. The number of hydrogen-bond acceptors (Lipinski definition) is 8. The van der Waals surface area contributed by atoms with Crippen molar-refractivity contribution in [2.75, 3.05) is 25.6 Å². The molecule has 222 valence electrons. The van der Waals surface area contributed by atoms with Gasteiger partial charge in [0.25, 0.3) is 5.91 Å². The first kappa shape index (κ1) is 28.4. The molecule has 1 aromatic rings. The number of nitrogens with one attached hydrogen (secondary N) is 1. The summed E-state index contributed by atoms with van der Waals surface area (Å²) in [5, 5.41) is 39.7. The van der Waals surface area contributed by atoms with Gasteiger partial charge in [-0.2, -0.15) is 5.10 Å².